The zero-order valence-electron chi connectivity index (χ0n) is 12.2. The van der Waals surface area contributed by atoms with E-state index in [0.717, 1.165) is 30.5 Å². The van der Waals surface area contributed by atoms with E-state index in [1.807, 2.05) is 17.9 Å². The van der Waals surface area contributed by atoms with Crippen LogP contribution in [-0.4, -0.2) is 29.9 Å². The maximum absolute atomic E-state index is 11.7. The fourth-order valence-electron chi connectivity index (χ4n) is 2.78. The number of nitrogens with zero attached hydrogens (tertiary/aromatic N) is 1. The summed E-state index contributed by atoms with van der Waals surface area (Å²) in [4.78, 5) is 13.7. The molecule has 1 saturated heterocycles. The highest BCUT2D eigenvalue weighted by Gasteiger charge is 2.27. The second-order valence-electron chi connectivity index (χ2n) is 5.54. The molecule has 0 bridgehead atoms. The molecule has 1 heterocycles. The Labute approximate surface area is 129 Å². The van der Waals surface area contributed by atoms with Gasteiger partial charge in [-0.3, -0.25) is 4.79 Å². The predicted molar refractivity (Wildman–Crippen MR) is 85.4 cm³/mol. The molecule has 1 fully saturated rings. The zero-order valence-corrected chi connectivity index (χ0v) is 13.8. The monoisotopic (exact) mass is 338 g/mol. The minimum atomic E-state index is 0.279. The third-order valence-corrected chi connectivity index (χ3v) is 4.85. The first kappa shape index (κ1) is 15.5. The molecule has 2 atom stereocenters. The van der Waals surface area contributed by atoms with Crippen molar-refractivity contribution in [3.63, 3.8) is 0 Å². The molecule has 3 nitrogen and oxygen atoms in total. The molecule has 0 spiro atoms. The van der Waals surface area contributed by atoms with Gasteiger partial charge in [-0.25, -0.2) is 0 Å². The fourth-order valence-corrected chi connectivity index (χ4v) is 3.21. The molecule has 1 aromatic rings. The van der Waals surface area contributed by atoms with Gasteiger partial charge in [-0.15, -0.1) is 0 Å². The van der Waals surface area contributed by atoms with Crippen molar-refractivity contribution in [3.05, 3.63) is 34.3 Å². The Morgan fingerprint density at radius 1 is 1.45 bits per heavy atom. The number of rotatable bonds is 4. The minimum absolute atomic E-state index is 0.279. The minimum Gasteiger partial charge on any atom is -0.342 e. The molecule has 2 rings (SSSR count). The Hall–Kier alpha value is -0.870. The van der Waals surface area contributed by atoms with Crippen LogP contribution in [0.4, 0.5) is 0 Å². The highest BCUT2D eigenvalue weighted by molar-refractivity contribution is 9.10. The van der Waals surface area contributed by atoms with Crippen LogP contribution in [-0.2, 0) is 11.3 Å². The zero-order chi connectivity index (χ0) is 14.5. The molecular formula is C16H23BrN2O. The molecule has 1 aliphatic heterocycles. The highest BCUT2D eigenvalue weighted by atomic mass is 79.9. The number of carbonyl (C=O) groups excluding carboxylic acids is 1. The number of nitrogens with one attached hydrogen (secondary N) is 1. The van der Waals surface area contributed by atoms with Gasteiger partial charge in [0.1, 0.15) is 0 Å². The Morgan fingerprint density at radius 3 is 2.85 bits per heavy atom. The lowest BCUT2D eigenvalue weighted by molar-refractivity contribution is -0.132. The Morgan fingerprint density at radius 2 is 2.20 bits per heavy atom. The van der Waals surface area contributed by atoms with Crippen molar-refractivity contribution in [2.24, 2.45) is 5.92 Å². The van der Waals surface area contributed by atoms with E-state index in [9.17, 15) is 4.79 Å². The third kappa shape index (κ3) is 3.83. The molecule has 0 radical (unpaired) electrons. The van der Waals surface area contributed by atoms with Gasteiger partial charge < -0.3 is 10.2 Å². The summed E-state index contributed by atoms with van der Waals surface area (Å²) in [5.41, 5.74) is 1.28. The summed E-state index contributed by atoms with van der Waals surface area (Å²) in [6.07, 6.45) is 1.65. The summed E-state index contributed by atoms with van der Waals surface area (Å²) in [5.74, 6) is 0.780. The number of halogens is 1. The standard InChI is InChI=1S/C16H23BrN2O/c1-3-16(20)19-9-8-15(12(2)11-19)18-10-13-6-4-5-7-14(13)17/h4-7,12,15,18H,3,8-11H2,1-2H3/t12-,15+/m1/s1. The van der Waals surface area contributed by atoms with E-state index in [0.29, 0.717) is 18.4 Å². The van der Waals surface area contributed by atoms with E-state index >= 15 is 0 Å². The van der Waals surface area contributed by atoms with E-state index in [4.69, 9.17) is 0 Å². The summed E-state index contributed by atoms with van der Waals surface area (Å²) < 4.78 is 1.15. The topological polar surface area (TPSA) is 32.3 Å². The summed E-state index contributed by atoms with van der Waals surface area (Å²) in [6.45, 7) is 6.79. The first-order chi connectivity index (χ1) is 9.61. The number of piperidine rings is 1. The molecule has 20 heavy (non-hydrogen) atoms. The van der Waals surface area contributed by atoms with E-state index < -0.39 is 0 Å². The van der Waals surface area contributed by atoms with Gasteiger partial charge in [0.15, 0.2) is 0 Å². The van der Waals surface area contributed by atoms with Gasteiger partial charge in [-0.05, 0) is 24.0 Å². The predicted octanol–water partition coefficient (Wildman–Crippen LogP) is 3.19. The normalized spacial score (nSPS) is 22.9. The average Bonchev–Trinajstić information content (AvgIpc) is 2.46. The Kier molecular flexibility index (Phi) is 5.61. The van der Waals surface area contributed by atoms with Crippen molar-refractivity contribution in [2.45, 2.75) is 39.3 Å². The molecule has 1 N–H and O–H groups in total. The molecule has 1 amide bonds. The summed E-state index contributed by atoms with van der Waals surface area (Å²) in [6, 6.07) is 8.79. The first-order valence-corrected chi connectivity index (χ1v) is 8.15. The van der Waals surface area contributed by atoms with Gasteiger partial charge in [0.05, 0.1) is 0 Å². The Balaban J connectivity index is 1.86. The number of amides is 1. The van der Waals surface area contributed by atoms with Crippen molar-refractivity contribution in [3.8, 4) is 0 Å². The molecule has 0 aliphatic carbocycles. The molecule has 1 aromatic carbocycles. The van der Waals surface area contributed by atoms with Gasteiger partial charge in [-0.1, -0.05) is 48.0 Å². The average molecular weight is 339 g/mol. The van der Waals surface area contributed by atoms with E-state index in [1.165, 1.54) is 5.56 Å². The van der Waals surface area contributed by atoms with Crippen LogP contribution in [0.2, 0.25) is 0 Å². The maximum Gasteiger partial charge on any atom is 0.222 e. The highest BCUT2D eigenvalue weighted by Crippen LogP contribution is 2.20. The lowest BCUT2D eigenvalue weighted by Gasteiger charge is -2.37. The lowest BCUT2D eigenvalue weighted by atomic mass is 9.93. The van der Waals surface area contributed by atoms with Crippen LogP contribution < -0.4 is 5.32 Å². The van der Waals surface area contributed by atoms with Crippen LogP contribution in [0.25, 0.3) is 0 Å². The van der Waals surface area contributed by atoms with Crippen molar-refractivity contribution in [1.29, 1.82) is 0 Å². The maximum atomic E-state index is 11.7. The van der Waals surface area contributed by atoms with E-state index in [1.54, 1.807) is 0 Å². The van der Waals surface area contributed by atoms with Crippen LogP contribution >= 0.6 is 15.9 Å². The summed E-state index contributed by atoms with van der Waals surface area (Å²) >= 11 is 3.58. The van der Waals surface area contributed by atoms with E-state index in [-0.39, 0.29) is 5.91 Å². The fraction of sp³-hybridized carbons (Fsp3) is 0.562. The Bertz CT molecular complexity index is 464. The second-order valence-corrected chi connectivity index (χ2v) is 6.39. The lowest BCUT2D eigenvalue weighted by Crippen LogP contribution is -2.49. The molecule has 0 aromatic heterocycles. The van der Waals surface area contributed by atoms with Crippen LogP contribution in [0, 0.1) is 5.92 Å². The molecule has 110 valence electrons. The molecule has 0 unspecified atom stereocenters. The quantitative estimate of drug-likeness (QED) is 0.914. The van der Waals surface area contributed by atoms with Crippen LogP contribution in [0.1, 0.15) is 32.3 Å². The van der Waals surface area contributed by atoms with Gasteiger partial charge in [0, 0.05) is 36.6 Å². The third-order valence-electron chi connectivity index (χ3n) is 4.07. The number of likely N-dealkylation sites (tertiary alicyclic amines) is 1. The van der Waals surface area contributed by atoms with Crippen molar-refractivity contribution in [1.82, 2.24) is 10.2 Å². The summed E-state index contributed by atoms with van der Waals surface area (Å²) in [7, 11) is 0. The number of carbonyl (C=O) groups is 1. The largest absolute Gasteiger partial charge is 0.342 e. The number of benzene rings is 1. The van der Waals surface area contributed by atoms with Gasteiger partial charge in [-0.2, -0.15) is 0 Å². The van der Waals surface area contributed by atoms with Crippen LogP contribution in [0.5, 0.6) is 0 Å². The van der Waals surface area contributed by atoms with Gasteiger partial charge >= 0.3 is 0 Å². The molecular weight excluding hydrogens is 316 g/mol. The van der Waals surface area contributed by atoms with Crippen molar-refractivity contribution >= 4 is 21.8 Å². The second kappa shape index (κ2) is 7.23. The number of hydrogen-bond acceptors (Lipinski definition) is 2. The smallest absolute Gasteiger partial charge is 0.222 e. The summed E-state index contributed by atoms with van der Waals surface area (Å²) in [5, 5.41) is 3.64. The number of hydrogen-bond donors (Lipinski definition) is 1. The molecule has 1 aliphatic rings. The van der Waals surface area contributed by atoms with E-state index in [2.05, 4.69) is 46.4 Å². The van der Waals surface area contributed by atoms with Crippen LogP contribution in [0.15, 0.2) is 28.7 Å². The first-order valence-electron chi connectivity index (χ1n) is 7.36. The molecule has 4 heteroatoms. The van der Waals surface area contributed by atoms with Crippen molar-refractivity contribution < 1.29 is 4.79 Å². The van der Waals surface area contributed by atoms with Crippen LogP contribution in [0.3, 0.4) is 0 Å². The SMILES string of the molecule is CCC(=O)N1CC[C@H](NCc2ccccc2Br)[C@H](C)C1. The molecule has 0 saturated carbocycles. The van der Waals surface area contributed by atoms with Gasteiger partial charge in [0.25, 0.3) is 0 Å². The van der Waals surface area contributed by atoms with Crippen molar-refractivity contribution in [2.75, 3.05) is 13.1 Å². The van der Waals surface area contributed by atoms with Gasteiger partial charge in [0.2, 0.25) is 5.91 Å².